The van der Waals surface area contributed by atoms with Gasteiger partial charge in [-0.15, -0.1) is 0 Å². The minimum atomic E-state index is -1.00. The zero-order chi connectivity index (χ0) is 24.6. The number of amides is 2. The fourth-order valence-corrected chi connectivity index (χ4v) is 4.19. The maximum atomic E-state index is 13.6. The maximum absolute atomic E-state index is 13.6. The van der Waals surface area contributed by atoms with Crippen LogP contribution in [0.5, 0.6) is 0 Å². The molecule has 31 heavy (non-hydrogen) atoms. The van der Waals surface area contributed by atoms with Crippen LogP contribution in [-0.2, 0) is 14.4 Å². The Morgan fingerprint density at radius 2 is 1.52 bits per heavy atom. The Morgan fingerprint density at radius 3 is 1.84 bits per heavy atom. The number of likely N-dealkylation sites (N-methyl/N-ethyl adjacent to an activating group) is 1. The predicted octanol–water partition coefficient (Wildman–Crippen LogP) is 5.03. The highest BCUT2D eigenvalue weighted by molar-refractivity contribution is 5.91. The number of carbonyl (C=O) groups is 3. The molecule has 2 amide bonds. The highest BCUT2D eigenvalue weighted by Crippen LogP contribution is 2.35. The van der Waals surface area contributed by atoms with Crippen LogP contribution in [-0.4, -0.2) is 46.9 Å². The van der Waals surface area contributed by atoms with Gasteiger partial charge in [-0.25, -0.2) is 4.79 Å². The molecule has 0 spiro atoms. The molecule has 0 saturated heterocycles. The molecule has 6 heteroatoms. The van der Waals surface area contributed by atoms with Gasteiger partial charge in [0.05, 0.1) is 6.04 Å². The fraction of sp³-hybridized carbons (Fsp3) is 0.800. The third kappa shape index (κ3) is 7.97. The van der Waals surface area contributed by atoms with Crippen LogP contribution in [0.1, 0.15) is 94.4 Å². The van der Waals surface area contributed by atoms with E-state index in [0.29, 0.717) is 0 Å². The van der Waals surface area contributed by atoms with E-state index in [2.05, 4.69) is 19.2 Å². The molecule has 0 rings (SSSR count). The Balaban J connectivity index is 6.04. The van der Waals surface area contributed by atoms with E-state index >= 15 is 0 Å². The average Bonchev–Trinajstić information content (AvgIpc) is 2.67. The zero-order valence-corrected chi connectivity index (χ0v) is 21.5. The van der Waals surface area contributed by atoms with Crippen molar-refractivity contribution in [2.24, 2.45) is 16.7 Å². The van der Waals surface area contributed by atoms with Crippen molar-refractivity contribution in [1.82, 2.24) is 10.2 Å². The largest absolute Gasteiger partial charge is 0.478 e. The molecule has 180 valence electrons. The predicted molar refractivity (Wildman–Crippen MR) is 127 cm³/mol. The normalized spacial score (nSPS) is 14.9. The average molecular weight is 439 g/mol. The second-order valence-corrected chi connectivity index (χ2v) is 10.2. The number of aliphatic carboxylic acids is 1. The van der Waals surface area contributed by atoms with E-state index in [1.165, 1.54) is 6.92 Å². The van der Waals surface area contributed by atoms with Gasteiger partial charge in [-0.3, -0.25) is 9.59 Å². The van der Waals surface area contributed by atoms with Crippen molar-refractivity contribution in [2.75, 3.05) is 7.05 Å². The number of carboxylic acid groups (broad SMARTS) is 1. The first-order valence-corrected chi connectivity index (χ1v) is 11.7. The quantitative estimate of drug-likeness (QED) is 0.419. The van der Waals surface area contributed by atoms with Crippen LogP contribution in [0.4, 0.5) is 0 Å². The Bertz CT molecular complexity index is 640. The molecule has 0 bridgehead atoms. The summed E-state index contributed by atoms with van der Waals surface area (Å²) in [6.07, 6.45) is 5.75. The van der Waals surface area contributed by atoms with E-state index in [0.717, 1.165) is 32.1 Å². The molecule has 0 heterocycles. The molecule has 6 nitrogen and oxygen atoms in total. The molecule has 0 aliphatic carbocycles. The molecule has 0 fully saturated rings. The lowest BCUT2D eigenvalue weighted by Crippen LogP contribution is -2.58. The summed E-state index contributed by atoms with van der Waals surface area (Å²) in [6, 6.07) is -1.09. The van der Waals surface area contributed by atoms with Gasteiger partial charge in [-0.1, -0.05) is 74.3 Å². The fourth-order valence-electron chi connectivity index (χ4n) is 4.19. The van der Waals surface area contributed by atoms with Crippen molar-refractivity contribution in [3.05, 3.63) is 11.6 Å². The van der Waals surface area contributed by atoms with E-state index in [1.807, 2.05) is 41.5 Å². The van der Waals surface area contributed by atoms with Gasteiger partial charge in [-0.2, -0.15) is 0 Å². The SMILES string of the molecule is CCCC(CC)(CCC)C(=O)N[C@H](C(=O)N(C)[C@H](/C=C(\C)C(=O)O)C(C)C)C(C)(C)C. The summed E-state index contributed by atoms with van der Waals surface area (Å²) in [4.78, 5) is 40.0. The lowest BCUT2D eigenvalue weighted by atomic mass is 9.75. The lowest BCUT2D eigenvalue weighted by molar-refractivity contribution is -0.143. The van der Waals surface area contributed by atoms with Crippen molar-refractivity contribution < 1.29 is 19.5 Å². The highest BCUT2D eigenvalue weighted by atomic mass is 16.4. The summed E-state index contributed by atoms with van der Waals surface area (Å²) in [5.74, 6) is -1.24. The van der Waals surface area contributed by atoms with Crippen LogP contribution in [0.2, 0.25) is 0 Å². The molecule has 0 radical (unpaired) electrons. The molecule has 2 N–H and O–H groups in total. The molecule has 0 unspecified atom stereocenters. The summed E-state index contributed by atoms with van der Waals surface area (Å²) in [5, 5.41) is 12.4. The molecular formula is C25H46N2O4. The van der Waals surface area contributed by atoms with Gasteiger partial charge < -0.3 is 15.3 Å². The molecule has 0 aliphatic heterocycles. The van der Waals surface area contributed by atoms with E-state index in [-0.39, 0.29) is 29.3 Å². The van der Waals surface area contributed by atoms with Crippen molar-refractivity contribution >= 4 is 17.8 Å². The summed E-state index contributed by atoms with van der Waals surface area (Å²) >= 11 is 0. The molecular weight excluding hydrogens is 392 g/mol. The van der Waals surface area contributed by atoms with Crippen molar-refractivity contribution in [3.8, 4) is 0 Å². The number of carbonyl (C=O) groups excluding carboxylic acids is 2. The van der Waals surface area contributed by atoms with E-state index in [9.17, 15) is 19.5 Å². The van der Waals surface area contributed by atoms with Gasteiger partial charge in [0.15, 0.2) is 0 Å². The molecule has 0 aromatic rings. The molecule has 0 aromatic carbocycles. The topological polar surface area (TPSA) is 86.7 Å². The summed E-state index contributed by atoms with van der Waals surface area (Å²) in [5.41, 5.74) is -0.764. The van der Waals surface area contributed by atoms with E-state index < -0.39 is 22.8 Å². The molecule has 0 aromatic heterocycles. The second kappa shape index (κ2) is 12.3. The first-order valence-electron chi connectivity index (χ1n) is 11.7. The third-order valence-corrected chi connectivity index (χ3v) is 6.24. The van der Waals surface area contributed by atoms with Crippen LogP contribution >= 0.6 is 0 Å². The Labute approximate surface area is 189 Å². The summed E-state index contributed by atoms with van der Waals surface area (Å²) in [6.45, 7) is 17.5. The van der Waals surface area contributed by atoms with Gasteiger partial charge in [0, 0.05) is 18.0 Å². The second-order valence-electron chi connectivity index (χ2n) is 10.2. The summed E-state index contributed by atoms with van der Waals surface area (Å²) in [7, 11) is 1.69. The number of carboxylic acids is 1. The number of rotatable bonds is 12. The van der Waals surface area contributed by atoms with Gasteiger partial charge >= 0.3 is 5.97 Å². The van der Waals surface area contributed by atoms with Crippen LogP contribution in [0, 0.1) is 16.7 Å². The first-order chi connectivity index (χ1) is 14.2. The van der Waals surface area contributed by atoms with Gasteiger partial charge in [-0.05, 0) is 37.5 Å². The van der Waals surface area contributed by atoms with Gasteiger partial charge in [0.25, 0.3) is 0 Å². The standard InChI is InChI=1S/C25H46N2O4/c1-11-14-25(13-3,15-12-2)23(31)26-20(24(7,8)9)21(28)27(10)19(17(4)5)16-18(6)22(29)30/h16-17,19-20H,11-15H2,1-10H3,(H,26,31)(H,29,30)/b18-16+/t19-,20-/m1/s1. The lowest BCUT2D eigenvalue weighted by Gasteiger charge is -2.40. The highest BCUT2D eigenvalue weighted by Gasteiger charge is 2.42. The van der Waals surface area contributed by atoms with Crippen molar-refractivity contribution in [1.29, 1.82) is 0 Å². The van der Waals surface area contributed by atoms with E-state index in [4.69, 9.17) is 0 Å². The number of nitrogens with one attached hydrogen (secondary N) is 1. The molecule has 0 aliphatic rings. The number of hydrogen-bond acceptors (Lipinski definition) is 3. The van der Waals surface area contributed by atoms with Crippen molar-refractivity contribution in [2.45, 2.75) is 107 Å². The number of nitrogens with zero attached hydrogens (tertiary/aromatic N) is 1. The first kappa shape index (κ1) is 29.1. The monoisotopic (exact) mass is 438 g/mol. The smallest absolute Gasteiger partial charge is 0.331 e. The number of hydrogen-bond donors (Lipinski definition) is 2. The minimum absolute atomic E-state index is 0.0227. The molecule has 0 saturated carbocycles. The minimum Gasteiger partial charge on any atom is -0.478 e. The zero-order valence-electron chi connectivity index (χ0n) is 21.5. The Morgan fingerprint density at radius 1 is 1.03 bits per heavy atom. The maximum Gasteiger partial charge on any atom is 0.331 e. The van der Waals surface area contributed by atoms with Crippen LogP contribution in [0.3, 0.4) is 0 Å². The Kier molecular flexibility index (Phi) is 11.5. The third-order valence-electron chi connectivity index (χ3n) is 6.24. The van der Waals surface area contributed by atoms with Crippen LogP contribution in [0.25, 0.3) is 0 Å². The van der Waals surface area contributed by atoms with Crippen molar-refractivity contribution in [3.63, 3.8) is 0 Å². The van der Waals surface area contributed by atoms with Gasteiger partial charge in [0.1, 0.15) is 6.04 Å². The van der Waals surface area contributed by atoms with Gasteiger partial charge in [0.2, 0.25) is 11.8 Å². The molecule has 2 atom stereocenters. The van der Waals surface area contributed by atoms with Crippen LogP contribution in [0.15, 0.2) is 11.6 Å². The summed E-state index contributed by atoms with van der Waals surface area (Å²) < 4.78 is 0. The Hall–Kier alpha value is -1.85. The van der Waals surface area contributed by atoms with E-state index in [1.54, 1.807) is 18.0 Å². The van der Waals surface area contributed by atoms with Crippen LogP contribution < -0.4 is 5.32 Å².